The van der Waals surface area contributed by atoms with Gasteiger partial charge in [-0.3, -0.25) is 10.1 Å². The van der Waals surface area contributed by atoms with E-state index in [0.717, 1.165) is 45.4 Å². The number of rotatable bonds is 7. The van der Waals surface area contributed by atoms with Crippen LogP contribution in [0, 0.1) is 5.92 Å². The molecule has 4 nitrogen and oxygen atoms in total. The summed E-state index contributed by atoms with van der Waals surface area (Å²) in [5.74, 6) is 0.780. The number of nitrogens with one attached hydrogen (secondary N) is 1. The highest BCUT2D eigenvalue weighted by Gasteiger charge is 2.59. The van der Waals surface area contributed by atoms with Gasteiger partial charge >= 0.3 is 0 Å². The van der Waals surface area contributed by atoms with Crippen LogP contribution >= 0.6 is 0 Å². The molecule has 1 amide bonds. The average molecular weight is 254 g/mol. The van der Waals surface area contributed by atoms with Crippen molar-refractivity contribution in [2.75, 3.05) is 19.8 Å². The SMILES string of the molecule is CCCOCCCN1C(=O)C2(CC2)NC1C(C)C. The number of amides is 1. The Morgan fingerprint density at radius 1 is 1.44 bits per heavy atom. The lowest BCUT2D eigenvalue weighted by Gasteiger charge is -2.27. The molecule has 1 aliphatic carbocycles. The van der Waals surface area contributed by atoms with E-state index in [1.165, 1.54) is 0 Å². The molecule has 18 heavy (non-hydrogen) atoms. The third-order valence-corrected chi connectivity index (χ3v) is 3.85. The summed E-state index contributed by atoms with van der Waals surface area (Å²) in [4.78, 5) is 14.4. The number of ether oxygens (including phenoxy) is 1. The second-order valence-corrected chi connectivity index (χ2v) is 5.88. The quantitative estimate of drug-likeness (QED) is 0.704. The third-order valence-electron chi connectivity index (χ3n) is 3.85. The van der Waals surface area contributed by atoms with Crippen LogP contribution in [0.15, 0.2) is 0 Å². The van der Waals surface area contributed by atoms with Crippen LogP contribution in [0.4, 0.5) is 0 Å². The number of nitrogens with zero attached hydrogens (tertiary/aromatic N) is 1. The van der Waals surface area contributed by atoms with Crippen molar-refractivity contribution in [3.63, 3.8) is 0 Å². The Balaban J connectivity index is 1.82. The molecule has 0 aromatic rings. The lowest BCUT2D eigenvalue weighted by molar-refractivity contribution is -0.131. The van der Waals surface area contributed by atoms with Crippen molar-refractivity contribution in [3.8, 4) is 0 Å². The first-order valence-corrected chi connectivity index (χ1v) is 7.27. The highest BCUT2D eigenvalue weighted by atomic mass is 16.5. The molecule has 1 unspecified atom stereocenters. The van der Waals surface area contributed by atoms with E-state index in [2.05, 4.69) is 26.1 Å². The van der Waals surface area contributed by atoms with E-state index in [4.69, 9.17) is 4.74 Å². The summed E-state index contributed by atoms with van der Waals surface area (Å²) in [5.41, 5.74) is -0.181. The van der Waals surface area contributed by atoms with Crippen LogP contribution in [0.2, 0.25) is 0 Å². The normalized spacial score (nSPS) is 25.4. The average Bonchev–Trinajstić information content (AvgIpc) is 3.06. The minimum Gasteiger partial charge on any atom is -0.381 e. The summed E-state index contributed by atoms with van der Waals surface area (Å²) >= 11 is 0. The van der Waals surface area contributed by atoms with E-state index in [-0.39, 0.29) is 11.7 Å². The topological polar surface area (TPSA) is 41.6 Å². The van der Waals surface area contributed by atoms with Crippen LogP contribution in [0.5, 0.6) is 0 Å². The fraction of sp³-hybridized carbons (Fsp3) is 0.929. The zero-order valence-corrected chi connectivity index (χ0v) is 11.9. The van der Waals surface area contributed by atoms with Crippen molar-refractivity contribution in [3.05, 3.63) is 0 Å². The largest absolute Gasteiger partial charge is 0.381 e. The molecule has 104 valence electrons. The summed E-state index contributed by atoms with van der Waals surface area (Å²) < 4.78 is 5.48. The molecule has 2 rings (SSSR count). The molecule has 2 fully saturated rings. The molecular weight excluding hydrogens is 228 g/mol. The molecule has 1 atom stereocenters. The van der Waals surface area contributed by atoms with Gasteiger partial charge in [-0.25, -0.2) is 0 Å². The second kappa shape index (κ2) is 5.57. The Bertz CT molecular complexity index is 300. The molecule has 1 saturated heterocycles. The van der Waals surface area contributed by atoms with Crippen molar-refractivity contribution < 1.29 is 9.53 Å². The minimum atomic E-state index is -0.181. The van der Waals surface area contributed by atoms with Gasteiger partial charge in [-0.05, 0) is 31.6 Å². The first kappa shape index (κ1) is 13.8. The fourth-order valence-corrected chi connectivity index (χ4v) is 2.66. The highest BCUT2D eigenvalue weighted by molar-refractivity contribution is 5.91. The maximum atomic E-state index is 12.3. The maximum absolute atomic E-state index is 12.3. The highest BCUT2D eigenvalue weighted by Crippen LogP contribution is 2.43. The first-order chi connectivity index (χ1) is 8.60. The van der Waals surface area contributed by atoms with Gasteiger partial charge in [0, 0.05) is 19.8 Å². The van der Waals surface area contributed by atoms with E-state index >= 15 is 0 Å². The van der Waals surface area contributed by atoms with Crippen molar-refractivity contribution in [2.24, 2.45) is 5.92 Å². The smallest absolute Gasteiger partial charge is 0.244 e. The van der Waals surface area contributed by atoms with Crippen LogP contribution in [-0.2, 0) is 9.53 Å². The monoisotopic (exact) mass is 254 g/mol. The maximum Gasteiger partial charge on any atom is 0.244 e. The molecular formula is C14H26N2O2. The Labute approximate surface area is 110 Å². The van der Waals surface area contributed by atoms with E-state index in [9.17, 15) is 4.79 Å². The van der Waals surface area contributed by atoms with Gasteiger partial charge in [-0.15, -0.1) is 0 Å². The van der Waals surface area contributed by atoms with Crippen LogP contribution in [0.3, 0.4) is 0 Å². The summed E-state index contributed by atoms with van der Waals surface area (Å²) in [5, 5.41) is 3.53. The Morgan fingerprint density at radius 3 is 2.72 bits per heavy atom. The summed E-state index contributed by atoms with van der Waals surface area (Å²) in [7, 11) is 0. The zero-order valence-electron chi connectivity index (χ0n) is 11.9. The summed E-state index contributed by atoms with van der Waals surface area (Å²) in [6.45, 7) is 8.86. The molecule has 1 spiro atoms. The predicted molar refractivity (Wildman–Crippen MR) is 71.2 cm³/mol. The van der Waals surface area contributed by atoms with E-state index in [1.807, 2.05) is 4.90 Å². The van der Waals surface area contributed by atoms with Gasteiger partial charge in [-0.2, -0.15) is 0 Å². The Kier molecular flexibility index (Phi) is 4.28. The number of carbonyl (C=O) groups is 1. The molecule has 0 bridgehead atoms. The first-order valence-electron chi connectivity index (χ1n) is 7.27. The fourth-order valence-electron chi connectivity index (χ4n) is 2.66. The van der Waals surface area contributed by atoms with Crippen molar-refractivity contribution >= 4 is 5.91 Å². The molecule has 2 aliphatic rings. The van der Waals surface area contributed by atoms with Crippen LogP contribution in [-0.4, -0.2) is 42.3 Å². The van der Waals surface area contributed by atoms with Crippen LogP contribution in [0.25, 0.3) is 0 Å². The molecule has 1 N–H and O–H groups in total. The van der Waals surface area contributed by atoms with Gasteiger partial charge in [0.05, 0.1) is 11.7 Å². The number of carbonyl (C=O) groups excluding carboxylic acids is 1. The van der Waals surface area contributed by atoms with Crippen LogP contribution < -0.4 is 5.32 Å². The molecule has 1 saturated carbocycles. The van der Waals surface area contributed by atoms with Gasteiger partial charge in [0.2, 0.25) is 5.91 Å². The molecule has 0 radical (unpaired) electrons. The van der Waals surface area contributed by atoms with E-state index < -0.39 is 0 Å². The number of hydrogen-bond donors (Lipinski definition) is 1. The lowest BCUT2D eigenvalue weighted by Crippen LogP contribution is -2.42. The van der Waals surface area contributed by atoms with Crippen molar-refractivity contribution in [2.45, 2.75) is 58.2 Å². The van der Waals surface area contributed by atoms with Gasteiger partial charge in [0.25, 0.3) is 0 Å². The molecule has 0 aromatic carbocycles. The van der Waals surface area contributed by atoms with E-state index in [0.29, 0.717) is 11.8 Å². The van der Waals surface area contributed by atoms with E-state index in [1.54, 1.807) is 0 Å². The minimum absolute atomic E-state index is 0.181. The van der Waals surface area contributed by atoms with Gasteiger partial charge in [0.15, 0.2) is 0 Å². The summed E-state index contributed by atoms with van der Waals surface area (Å²) in [6, 6.07) is 0. The molecule has 4 heteroatoms. The van der Waals surface area contributed by atoms with Gasteiger partial charge in [0.1, 0.15) is 0 Å². The number of hydrogen-bond acceptors (Lipinski definition) is 3. The second-order valence-electron chi connectivity index (χ2n) is 5.88. The zero-order chi connectivity index (χ0) is 13.2. The standard InChI is InChI=1S/C14H26N2O2/c1-4-9-18-10-5-8-16-12(11(2)3)15-14(6-7-14)13(16)17/h11-12,15H,4-10H2,1-3H3. The molecule has 0 aromatic heterocycles. The predicted octanol–water partition coefficient (Wildman–Crippen LogP) is 1.75. The molecule has 1 aliphatic heterocycles. The third kappa shape index (κ3) is 2.69. The van der Waals surface area contributed by atoms with Crippen molar-refractivity contribution in [1.82, 2.24) is 10.2 Å². The summed E-state index contributed by atoms with van der Waals surface area (Å²) in [6.07, 6.45) is 4.23. The molecule has 1 heterocycles. The lowest BCUT2D eigenvalue weighted by atomic mass is 10.1. The van der Waals surface area contributed by atoms with Gasteiger partial charge in [-0.1, -0.05) is 20.8 Å². The van der Waals surface area contributed by atoms with Gasteiger partial charge < -0.3 is 9.64 Å². The van der Waals surface area contributed by atoms with Crippen molar-refractivity contribution in [1.29, 1.82) is 0 Å². The van der Waals surface area contributed by atoms with Crippen LogP contribution in [0.1, 0.15) is 46.5 Å². The Hall–Kier alpha value is -0.610. The Morgan fingerprint density at radius 2 is 2.17 bits per heavy atom.